The molecule has 25 heavy (non-hydrogen) atoms. The lowest BCUT2D eigenvalue weighted by Gasteiger charge is -2.29. The first-order valence-corrected chi connectivity index (χ1v) is 7.96. The number of benzene rings is 2. The average molecular weight is 341 g/mol. The summed E-state index contributed by atoms with van der Waals surface area (Å²) in [6.45, 7) is 0.950. The summed E-state index contributed by atoms with van der Waals surface area (Å²) < 4.78 is 10.6. The number of carbonyl (C=O) groups excluding carboxylic acids is 1. The summed E-state index contributed by atoms with van der Waals surface area (Å²) in [5, 5.41) is 9.10. The van der Waals surface area contributed by atoms with Gasteiger partial charge < -0.3 is 19.5 Å². The van der Waals surface area contributed by atoms with E-state index < -0.39 is 5.97 Å². The van der Waals surface area contributed by atoms with E-state index in [1.54, 1.807) is 48.4 Å². The van der Waals surface area contributed by atoms with E-state index in [2.05, 4.69) is 0 Å². The topological polar surface area (TPSA) is 76.1 Å². The molecule has 1 N–H and O–H groups in total. The van der Waals surface area contributed by atoms with E-state index in [4.69, 9.17) is 14.6 Å². The molecule has 0 bridgehead atoms. The molecule has 3 rings (SSSR count). The van der Waals surface area contributed by atoms with Crippen molar-refractivity contribution in [1.82, 2.24) is 4.90 Å². The Bertz CT molecular complexity index is 785. The Hall–Kier alpha value is -3.02. The van der Waals surface area contributed by atoms with Crippen molar-refractivity contribution in [2.24, 2.45) is 0 Å². The maximum absolute atomic E-state index is 12.4. The molecule has 0 radical (unpaired) electrons. The van der Waals surface area contributed by atoms with Crippen LogP contribution in [0, 0.1) is 0 Å². The van der Waals surface area contributed by atoms with Crippen molar-refractivity contribution in [2.75, 3.05) is 20.3 Å². The number of methoxy groups -OCH3 is 1. The SMILES string of the molecule is COc1ccc(OCC(=O)N2CCc3ccc(C(=O)O)cc3C2)cc1. The molecule has 0 aromatic heterocycles. The minimum Gasteiger partial charge on any atom is -0.497 e. The molecular formula is C19H19NO5. The number of aromatic carboxylic acids is 1. The highest BCUT2D eigenvalue weighted by Gasteiger charge is 2.22. The van der Waals surface area contributed by atoms with Crippen molar-refractivity contribution < 1.29 is 24.2 Å². The van der Waals surface area contributed by atoms with Crippen LogP contribution in [0.2, 0.25) is 0 Å². The van der Waals surface area contributed by atoms with Crippen molar-refractivity contribution >= 4 is 11.9 Å². The molecular weight excluding hydrogens is 322 g/mol. The quantitative estimate of drug-likeness (QED) is 0.903. The molecule has 0 atom stereocenters. The van der Waals surface area contributed by atoms with Crippen LogP contribution in [0.25, 0.3) is 0 Å². The second kappa shape index (κ2) is 7.25. The van der Waals surface area contributed by atoms with Gasteiger partial charge in [0.1, 0.15) is 11.5 Å². The van der Waals surface area contributed by atoms with Crippen LogP contribution >= 0.6 is 0 Å². The van der Waals surface area contributed by atoms with E-state index in [1.165, 1.54) is 0 Å². The Morgan fingerprint density at radius 2 is 1.80 bits per heavy atom. The molecule has 0 aliphatic carbocycles. The van der Waals surface area contributed by atoms with Crippen molar-refractivity contribution in [3.63, 3.8) is 0 Å². The van der Waals surface area contributed by atoms with Gasteiger partial charge in [-0.2, -0.15) is 0 Å². The standard InChI is InChI=1S/C19H19NO5/c1-24-16-4-6-17(7-5-16)25-12-18(21)20-9-8-13-2-3-14(19(22)23)10-15(13)11-20/h2-7,10H,8-9,11-12H2,1H3,(H,22,23). The van der Waals surface area contributed by atoms with Gasteiger partial charge in [-0.3, -0.25) is 4.79 Å². The number of carboxylic acid groups (broad SMARTS) is 1. The second-order valence-corrected chi connectivity index (χ2v) is 5.82. The number of hydrogen-bond donors (Lipinski definition) is 1. The second-order valence-electron chi connectivity index (χ2n) is 5.82. The normalized spacial score (nSPS) is 13.1. The molecule has 6 nitrogen and oxygen atoms in total. The summed E-state index contributed by atoms with van der Waals surface area (Å²) in [4.78, 5) is 25.2. The number of nitrogens with zero attached hydrogens (tertiary/aromatic N) is 1. The fourth-order valence-corrected chi connectivity index (χ4v) is 2.81. The monoisotopic (exact) mass is 341 g/mol. The highest BCUT2D eigenvalue weighted by atomic mass is 16.5. The molecule has 1 heterocycles. The number of carbonyl (C=O) groups is 2. The molecule has 0 saturated heterocycles. The van der Waals surface area contributed by atoms with Gasteiger partial charge >= 0.3 is 5.97 Å². The molecule has 0 unspecified atom stereocenters. The molecule has 1 aliphatic heterocycles. The van der Waals surface area contributed by atoms with Crippen molar-refractivity contribution in [3.8, 4) is 11.5 Å². The van der Waals surface area contributed by atoms with Crippen molar-refractivity contribution in [1.29, 1.82) is 0 Å². The molecule has 0 saturated carbocycles. The zero-order valence-electron chi connectivity index (χ0n) is 13.9. The summed E-state index contributed by atoms with van der Waals surface area (Å²) in [7, 11) is 1.59. The third-order valence-corrected chi connectivity index (χ3v) is 4.24. The average Bonchev–Trinajstić information content (AvgIpc) is 2.65. The number of amides is 1. The summed E-state index contributed by atoms with van der Waals surface area (Å²) in [5.74, 6) is 0.233. The number of rotatable bonds is 5. The van der Waals surface area contributed by atoms with Gasteiger partial charge in [0.05, 0.1) is 12.7 Å². The Labute approximate surface area is 145 Å². The van der Waals surface area contributed by atoms with Crippen LogP contribution < -0.4 is 9.47 Å². The van der Waals surface area contributed by atoms with Crippen LogP contribution in [0.1, 0.15) is 21.5 Å². The number of fused-ring (bicyclic) bond motifs is 1. The number of ether oxygens (including phenoxy) is 2. The Morgan fingerprint density at radius 1 is 1.08 bits per heavy atom. The van der Waals surface area contributed by atoms with Crippen LogP contribution in [0.15, 0.2) is 42.5 Å². The van der Waals surface area contributed by atoms with E-state index in [0.717, 1.165) is 16.9 Å². The summed E-state index contributed by atoms with van der Waals surface area (Å²) >= 11 is 0. The lowest BCUT2D eigenvalue weighted by atomic mass is 9.97. The minimum absolute atomic E-state index is 0.0553. The highest BCUT2D eigenvalue weighted by Crippen LogP contribution is 2.21. The summed E-state index contributed by atoms with van der Waals surface area (Å²) in [6.07, 6.45) is 0.712. The fraction of sp³-hybridized carbons (Fsp3) is 0.263. The third-order valence-electron chi connectivity index (χ3n) is 4.24. The Kier molecular flexibility index (Phi) is 4.88. The molecule has 130 valence electrons. The van der Waals surface area contributed by atoms with E-state index in [0.29, 0.717) is 25.3 Å². The lowest BCUT2D eigenvalue weighted by Crippen LogP contribution is -2.38. The zero-order valence-corrected chi connectivity index (χ0v) is 13.9. The summed E-state index contributed by atoms with van der Waals surface area (Å²) in [5.41, 5.74) is 2.21. The highest BCUT2D eigenvalue weighted by molar-refractivity contribution is 5.88. The molecule has 6 heteroatoms. The van der Waals surface area contributed by atoms with Crippen LogP contribution in [0.3, 0.4) is 0 Å². The first-order valence-electron chi connectivity index (χ1n) is 7.96. The fourth-order valence-electron chi connectivity index (χ4n) is 2.81. The van der Waals surface area contributed by atoms with Gasteiger partial charge in [-0.15, -0.1) is 0 Å². The largest absolute Gasteiger partial charge is 0.497 e. The predicted octanol–water partition coefficient (Wildman–Crippen LogP) is 2.36. The minimum atomic E-state index is -0.964. The molecule has 0 fully saturated rings. The van der Waals surface area contributed by atoms with Gasteiger partial charge in [0.2, 0.25) is 0 Å². The first kappa shape index (κ1) is 16.8. The Morgan fingerprint density at radius 3 is 2.48 bits per heavy atom. The van der Waals surface area contributed by atoms with Gasteiger partial charge in [-0.05, 0) is 53.9 Å². The van der Waals surface area contributed by atoms with E-state index in [9.17, 15) is 9.59 Å². The first-order chi connectivity index (χ1) is 12.1. The van der Waals surface area contributed by atoms with Crippen molar-refractivity contribution in [3.05, 3.63) is 59.2 Å². The third kappa shape index (κ3) is 3.91. The summed E-state index contributed by atoms with van der Waals surface area (Å²) in [6, 6.07) is 12.1. The van der Waals surface area contributed by atoms with Gasteiger partial charge in [0.25, 0.3) is 5.91 Å². The van der Waals surface area contributed by atoms with Crippen molar-refractivity contribution in [2.45, 2.75) is 13.0 Å². The van der Waals surface area contributed by atoms with Crippen LogP contribution in [-0.2, 0) is 17.8 Å². The predicted molar refractivity (Wildman–Crippen MR) is 91.0 cm³/mol. The maximum atomic E-state index is 12.4. The molecule has 1 amide bonds. The van der Waals surface area contributed by atoms with Crippen LogP contribution in [0.5, 0.6) is 11.5 Å². The van der Waals surface area contributed by atoms with E-state index in [1.807, 2.05) is 6.07 Å². The number of carboxylic acids is 1. The van der Waals surface area contributed by atoms with Gasteiger partial charge in [-0.1, -0.05) is 6.07 Å². The van der Waals surface area contributed by atoms with Gasteiger partial charge in [0.15, 0.2) is 6.61 Å². The Balaban J connectivity index is 1.61. The lowest BCUT2D eigenvalue weighted by molar-refractivity contribution is -0.134. The molecule has 0 spiro atoms. The zero-order chi connectivity index (χ0) is 17.8. The molecule has 2 aromatic carbocycles. The van der Waals surface area contributed by atoms with Gasteiger partial charge in [-0.25, -0.2) is 4.79 Å². The van der Waals surface area contributed by atoms with Gasteiger partial charge in [0, 0.05) is 13.1 Å². The molecule has 1 aliphatic rings. The van der Waals surface area contributed by atoms with E-state index >= 15 is 0 Å². The maximum Gasteiger partial charge on any atom is 0.335 e. The van der Waals surface area contributed by atoms with E-state index in [-0.39, 0.29) is 18.1 Å². The van der Waals surface area contributed by atoms with Crippen LogP contribution in [0.4, 0.5) is 0 Å². The smallest absolute Gasteiger partial charge is 0.335 e. The molecule has 2 aromatic rings. The number of hydrogen-bond acceptors (Lipinski definition) is 4. The van der Waals surface area contributed by atoms with Crippen LogP contribution in [-0.4, -0.2) is 42.1 Å².